The molecule has 1 amide bonds. The largest absolute Gasteiger partial charge is 0.357 e. The van der Waals surface area contributed by atoms with Crippen molar-refractivity contribution < 1.29 is 4.79 Å². The molecule has 1 aromatic carbocycles. The van der Waals surface area contributed by atoms with Crippen LogP contribution in [0.3, 0.4) is 0 Å². The lowest BCUT2D eigenvalue weighted by molar-refractivity contribution is -0.132. The molecule has 8 heteroatoms. The number of amides is 1. The molecule has 0 unspecified atom stereocenters. The van der Waals surface area contributed by atoms with Crippen molar-refractivity contribution in [2.45, 2.75) is 39.2 Å². The normalized spacial score (nSPS) is 18.0. The number of carbonyl (C=O) groups is 1. The molecule has 2 saturated heterocycles. The summed E-state index contributed by atoms with van der Waals surface area (Å²) in [6, 6.07) is 9.72. The second-order valence-corrected chi connectivity index (χ2v) is 8.04. The van der Waals surface area contributed by atoms with Crippen LogP contribution in [0.25, 0.3) is 0 Å². The highest BCUT2D eigenvalue weighted by atomic mass is 127. The Kier molecular flexibility index (Phi) is 11.1. The minimum absolute atomic E-state index is 0. The van der Waals surface area contributed by atoms with Gasteiger partial charge in [0.2, 0.25) is 5.91 Å². The molecular weight excluding hydrogens is 503 g/mol. The highest BCUT2D eigenvalue weighted by Crippen LogP contribution is 2.11. The van der Waals surface area contributed by atoms with E-state index in [1.807, 2.05) is 24.3 Å². The van der Waals surface area contributed by atoms with Gasteiger partial charge in [-0.05, 0) is 37.5 Å². The minimum Gasteiger partial charge on any atom is -0.357 e. The number of guanidine groups is 1. The molecule has 1 aromatic rings. The predicted molar refractivity (Wildman–Crippen MR) is 134 cm³/mol. The van der Waals surface area contributed by atoms with Crippen molar-refractivity contribution in [2.24, 2.45) is 4.99 Å². The van der Waals surface area contributed by atoms with Crippen molar-refractivity contribution in [3.8, 4) is 6.07 Å². The lowest BCUT2D eigenvalue weighted by atomic mass is 10.1. The summed E-state index contributed by atoms with van der Waals surface area (Å²) in [4.78, 5) is 24.1. The molecule has 170 valence electrons. The molecule has 7 nitrogen and oxygen atoms in total. The average molecular weight is 538 g/mol. The zero-order chi connectivity index (χ0) is 21.2. The Bertz CT molecular complexity index is 744. The predicted octanol–water partition coefficient (Wildman–Crippen LogP) is 2.66. The van der Waals surface area contributed by atoms with E-state index in [9.17, 15) is 4.79 Å². The van der Waals surface area contributed by atoms with Crippen LogP contribution in [0.2, 0.25) is 0 Å². The van der Waals surface area contributed by atoms with Crippen LogP contribution < -0.4 is 5.32 Å². The monoisotopic (exact) mass is 538 g/mol. The van der Waals surface area contributed by atoms with Gasteiger partial charge in [-0.1, -0.05) is 25.0 Å². The number of nitrogens with one attached hydrogen (secondary N) is 1. The Morgan fingerprint density at radius 1 is 1.00 bits per heavy atom. The number of hydrogen-bond acceptors (Lipinski definition) is 4. The quantitative estimate of drug-likeness (QED) is 0.355. The molecular formula is C23H35IN6O. The number of nitriles is 1. The summed E-state index contributed by atoms with van der Waals surface area (Å²) in [6.45, 7) is 9.35. The van der Waals surface area contributed by atoms with Gasteiger partial charge in [-0.15, -0.1) is 24.0 Å². The molecule has 0 aromatic heterocycles. The van der Waals surface area contributed by atoms with Crippen molar-refractivity contribution in [3.05, 3.63) is 35.4 Å². The standard InChI is InChI=1S/C23H34N6O.HI/c1-2-25-23(26-18-21-9-7-20(17-24)8-10-21)29-15-13-27(14-16-29)19-22(30)28-11-5-3-4-6-12-28;/h7-10H,2-6,11-16,18-19H2,1H3,(H,25,26);1H. The number of nitrogens with zero attached hydrogens (tertiary/aromatic N) is 5. The van der Waals surface area contributed by atoms with E-state index in [1.165, 1.54) is 12.8 Å². The van der Waals surface area contributed by atoms with E-state index < -0.39 is 0 Å². The number of carbonyl (C=O) groups excluding carboxylic acids is 1. The summed E-state index contributed by atoms with van der Waals surface area (Å²) < 4.78 is 0. The van der Waals surface area contributed by atoms with Crippen molar-refractivity contribution >= 4 is 35.8 Å². The highest BCUT2D eigenvalue weighted by molar-refractivity contribution is 14.0. The number of piperazine rings is 1. The molecule has 0 aliphatic carbocycles. The zero-order valence-electron chi connectivity index (χ0n) is 18.6. The van der Waals surface area contributed by atoms with Crippen molar-refractivity contribution in [1.82, 2.24) is 20.0 Å². The lowest BCUT2D eigenvalue weighted by Gasteiger charge is -2.37. The number of aliphatic imine (C=N–C) groups is 1. The van der Waals surface area contributed by atoms with Crippen LogP contribution in [-0.2, 0) is 11.3 Å². The van der Waals surface area contributed by atoms with Crippen molar-refractivity contribution in [2.75, 3.05) is 52.4 Å². The Morgan fingerprint density at radius 2 is 1.65 bits per heavy atom. The first-order valence-corrected chi connectivity index (χ1v) is 11.2. The Labute approximate surface area is 203 Å². The van der Waals surface area contributed by atoms with Crippen LogP contribution >= 0.6 is 24.0 Å². The van der Waals surface area contributed by atoms with Crippen LogP contribution in [0, 0.1) is 11.3 Å². The second-order valence-electron chi connectivity index (χ2n) is 8.04. The van der Waals surface area contributed by atoms with Crippen molar-refractivity contribution in [3.63, 3.8) is 0 Å². The fourth-order valence-corrected chi connectivity index (χ4v) is 4.01. The summed E-state index contributed by atoms with van der Waals surface area (Å²) in [5.74, 6) is 1.20. The third-order valence-corrected chi connectivity index (χ3v) is 5.82. The van der Waals surface area contributed by atoms with E-state index in [1.54, 1.807) is 0 Å². The maximum Gasteiger partial charge on any atom is 0.236 e. The van der Waals surface area contributed by atoms with E-state index in [-0.39, 0.29) is 29.9 Å². The molecule has 0 atom stereocenters. The summed E-state index contributed by atoms with van der Waals surface area (Å²) in [7, 11) is 0. The van der Waals surface area contributed by atoms with E-state index >= 15 is 0 Å². The molecule has 0 saturated carbocycles. The van der Waals surface area contributed by atoms with E-state index in [4.69, 9.17) is 10.3 Å². The van der Waals surface area contributed by atoms with Gasteiger partial charge in [-0.3, -0.25) is 9.69 Å². The minimum atomic E-state index is 0. The summed E-state index contributed by atoms with van der Waals surface area (Å²) >= 11 is 0. The van der Waals surface area contributed by atoms with E-state index in [0.717, 1.165) is 70.2 Å². The summed E-state index contributed by atoms with van der Waals surface area (Å²) in [5, 5.41) is 12.3. The van der Waals surface area contributed by atoms with Crippen molar-refractivity contribution in [1.29, 1.82) is 5.26 Å². The van der Waals surface area contributed by atoms with Crippen LogP contribution in [0.4, 0.5) is 0 Å². The number of likely N-dealkylation sites (tertiary alicyclic amines) is 1. The maximum absolute atomic E-state index is 12.7. The van der Waals surface area contributed by atoms with Gasteiger partial charge in [0, 0.05) is 45.8 Å². The number of halogens is 1. The first kappa shape index (κ1) is 25.4. The first-order valence-electron chi connectivity index (χ1n) is 11.2. The van der Waals surface area contributed by atoms with Crippen LogP contribution in [-0.4, -0.2) is 78.9 Å². The third-order valence-electron chi connectivity index (χ3n) is 5.82. The van der Waals surface area contributed by atoms with Crippen LogP contribution in [0.15, 0.2) is 29.3 Å². The van der Waals surface area contributed by atoms with Gasteiger partial charge >= 0.3 is 0 Å². The molecule has 2 heterocycles. The molecule has 2 aliphatic rings. The fraction of sp³-hybridized carbons (Fsp3) is 0.609. The average Bonchev–Trinajstić information content (AvgIpc) is 3.07. The van der Waals surface area contributed by atoms with Gasteiger partial charge in [0.25, 0.3) is 0 Å². The Hall–Kier alpha value is -1.86. The Morgan fingerprint density at radius 3 is 2.23 bits per heavy atom. The van der Waals surface area contributed by atoms with E-state index in [2.05, 4.69) is 33.0 Å². The highest BCUT2D eigenvalue weighted by Gasteiger charge is 2.23. The van der Waals surface area contributed by atoms with Gasteiger partial charge in [0.15, 0.2) is 5.96 Å². The first-order chi connectivity index (χ1) is 14.7. The lowest BCUT2D eigenvalue weighted by Crippen LogP contribution is -2.54. The molecule has 0 bridgehead atoms. The smallest absolute Gasteiger partial charge is 0.236 e. The third kappa shape index (κ3) is 7.96. The van der Waals surface area contributed by atoms with Gasteiger partial charge in [-0.2, -0.15) is 5.26 Å². The van der Waals surface area contributed by atoms with Gasteiger partial charge in [0.05, 0.1) is 24.7 Å². The number of rotatable bonds is 5. The zero-order valence-corrected chi connectivity index (χ0v) is 20.9. The van der Waals surface area contributed by atoms with Crippen LogP contribution in [0.1, 0.15) is 43.7 Å². The molecule has 0 spiro atoms. The molecule has 1 N–H and O–H groups in total. The molecule has 3 rings (SSSR count). The fourth-order valence-electron chi connectivity index (χ4n) is 4.01. The summed E-state index contributed by atoms with van der Waals surface area (Å²) in [6.07, 6.45) is 4.78. The van der Waals surface area contributed by atoms with Gasteiger partial charge in [0.1, 0.15) is 0 Å². The molecule has 2 fully saturated rings. The summed E-state index contributed by atoms with van der Waals surface area (Å²) in [5.41, 5.74) is 1.76. The Balaban J connectivity index is 0.00000341. The molecule has 2 aliphatic heterocycles. The van der Waals surface area contributed by atoms with Gasteiger partial charge < -0.3 is 15.1 Å². The van der Waals surface area contributed by atoms with E-state index in [0.29, 0.717) is 18.7 Å². The SMILES string of the molecule is CCNC(=NCc1ccc(C#N)cc1)N1CCN(CC(=O)N2CCCCCC2)CC1.I. The molecule has 0 radical (unpaired) electrons. The molecule has 31 heavy (non-hydrogen) atoms. The topological polar surface area (TPSA) is 75.0 Å². The second kappa shape index (κ2) is 13.5. The van der Waals surface area contributed by atoms with Gasteiger partial charge in [-0.25, -0.2) is 4.99 Å². The maximum atomic E-state index is 12.7. The van der Waals surface area contributed by atoms with Crippen LogP contribution in [0.5, 0.6) is 0 Å². The number of benzene rings is 1. The number of hydrogen-bond donors (Lipinski definition) is 1.